The first kappa shape index (κ1) is 27.1. The van der Waals surface area contributed by atoms with Crippen LogP contribution in [0.25, 0.3) is 0 Å². The number of hydrogen-bond acceptors (Lipinski definition) is 1. The molecule has 5 aromatic carbocycles. The summed E-state index contributed by atoms with van der Waals surface area (Å²) in [6, 6.07) is 50.8. The van der Waals surface area contributed by atoms with Crippen molar-refractivity contribution in [3.05, 3.63) is 169 Å². The summed E-state index contributed by atoms with van der Waals surface area (Å²) < 4.78 is 7.38. The number of rotatable bonds is 6. The Kier molecular flexibility index (Phi) is 7.41. The first-order valence-electron chi connectivity index (χ1n) is 14.6. The average molecular weight is 581 g/mol. The summed E-state index contributed by atoms with van der Waals surface area (Å²) in [6.45, 7) is 4.77. The van der Waals surface area contributed by atoms with E-state index in [4.69, 9.17) is 4.74 Å². The highest BCUT2D eigenvalue weighted by Gasteiger charge is 2.46. The van der Waals surface area contributed by atoms with Crippen molar-refractivity contribution in [2.75, 3.05) is 0 Å². The second-order valence-electron chi connectivity index (χ2n) is 11.4. The predicted octanol–water partition coefficient (Wildman–Crippen LogP) is 7.48. The molecule has 5 aromatic rings. The first-order valence-corrected chi connectivity index (χ1v) is 17.4. The smallest absolute Gasteiger partial charge is 0.132 e. The summed E-state index contributed by atoms with van der Waals surface area (Å²) in [7, 11) is -1.50. The number of ether oxygens (including phenoxy) is 1. The van der Waals surface area contributed by atoms with Crippen LogP contribution in [0.5, 0.6) is 5.75 Å². The molecule has 0 amide bonds. The Labute approximate surface area is 252 Å². The van der Waals surface area contributed by atoms with Crippen LogP contribution in [0.2, 0.25) is 0 Å². The molecule has 0 bridgehead atoms. The Bertz CT molecular complexity index is 1650. The van der Waals surface area contributed by atoms with Gasteiger partial charge in [0, 0.05) is 21.9 Å². The molecular formula is C39H34OP2. The van der Waals surface area contributed by atoms with E-state index in [0.29, 0.717) is 0 Å². The second kappa shape index (κ2) is 11.5. The molecule has 1 heterocycles. The average Bonchev–Trinajstić information content (AvgIpc) is 3.04. The van der Waals surface area contributed by atoms with Crippen molar-refractivity contribution in [1.82, 2.24) is 0 Å². The van der Waals surface area contributed by atoms with Gasteiger partial charge >= 0.3 is 0 Å². The normalized spacial score (nSPS) is 18.6. The maximum absolute atomic E-state index is 7.38. The van der Waals surface area contributed by atoms with Gasteiger partial charge < -0.3 is 4.74 Å². The van der Waals surface area contributed by atoms with Crippen LogP contribution >= 0.6 is 15.8 Å². The Balaban J connectivity index is 1.40. The number of benzene rings is 5. The molecule has 1 aliphatic heterocycles. The molecular weight excluding hydrogens is 546 g/mol. The lowest BCUT2D eigenvalue weighted by Crippen LogP contribution is -2.47. The monoisotopic (exact) mass is 580 g/mol. The molecule has 1 aliphatic carbocycles. The quantitative estimate of drug-likeness (QED) is 0.189. The van der Waals surface area contributed by atoms with Gasteiger partial charge in [0.05, 0.1) is 0 Å². The number of para-hydroxylation sites is 1. The zero-order valence-electron chi connectivity index (χ0n) is 24.0. The van der Waals surface area contributed by atoms with Gasteiger partial charge in [-0.1, -0.05) is 172 Å². The molecule has 0 aromatic heterocycles. The fraction of sp³-hybridized carbons (Fsp3) is 0.128. The van der Waals surface area contributed by atoms with E-state index in [2.05, 4.69) is 172 Å². The zero-order chi connectivity index (χ0) is 28.5. The number of hydrogen-bond donors (Lipinski definition) is 0. The molecule has 0 saturated carbocycles. The predicted molar refractivity (Wildman–Crippen MR) is 183 cm³/mol. The topological polar surface area (TPSA) is 9.23 Å². The van der Waals surface area contributed by atoms with Gasteiger partial charge in [-0.2, -0.15) is 0 Å². The Morgan fingerprint density at radius 2 is 1.07 bits per heavy atom. The van der Waals surface area contributed by atoms with E-state index in [0.717, 1.165) is 5.75 Å². The summed E-state index contributed by atoms with van der Waals surface area (Å²) in [5, 5.41) is 6.73. The van der Waals surface area contributed by atoms with Gasteiger partial charge in [-0.25, -0.2) is 0 Å². The molecule has 206 valence electrons. The third kappa shape index (κ3) is 4.86. The largest absolute Gasteiger partial charge is 0.484 e. The maximum Gasteiger partial charge on any atom is 0.132 e. The lowest BCUT2D eigenvalue weighted by Gasteiger charge is -2.47. The van der Waals surface area contributed by atoms with Crippen molar-refractivity contribution in [2.24, 2.45) is 0 Å². The van der Waals surface area contributed by atoms with E-state index in [9.17, 15) is 0 Å². The number of fused-ring (bicyclic) bond motifs is 2. The van der Waals surface area contributed by atoms with Crippen molar-refractivity contribution >= 4 is 42.4 Å². The van der Waals surface area contributed by atoms with Crippen LogP contribution < -0.4 is 31.3 Å². The minimum absolute atomic E-state index is 0.0476. The molecule has 0 N–H and O–H groups in total. The Morgan fingerprint density at radius 1 is 0.571 bits per heavy atom. The van der Waals surface area contributed by atoms with Gasteiger partial charge in [0.2, 0.25) is 0 Å². The minimum Gasteiger partial charge on any atom is -0.484 e. The van der Waals surface area contributed by atoms with Crippen molar-refractivity contribution in [3.8, 4) is 5.75 Å². The van der Waals surface area contributed by atoms with E-state index in [1.165, 1.54) is 37.7 Å². The van der Waals surface area contributed by atoms with Gasteiger partial charge in [-0.05, 0) is 42.6 Å². The SMILES string of the molecule is CC1(C)C2=CC=CC(P(c3ccccc3)c3ccccc3)C2Oc2c(P(c3ccccc3)c3ccccc3)cccc21. The minimum atomic E-state index is -0.801. The molecule has 42 heavy (non-hydrogen) atoms. The summed E-state index contributed by atoms with van der Waals surface area (Å²) in [5.41, 5.74) is 2.69. The number of allylic oxidation sites excluding steroid dienone is 2. The van der Waals surface area contributed by atoms with Gasteiger partial charge in [-0.15, -0.1) is 0 Å². The molecule has 2 unspecified atom stereocenters. The standard InChI is InChI=1S/C39H34OP2/c1-39(2)33-25-15-27-35(41(29-17-7-3-8-18-29)30-19-9-4-10-20-30)37(33)40-38-34(39)26-16-28-36(38)42(31-21-11-5-12-22-31)32-23-13-6-14-24-32/h3-28,35,37H,1-2H3. The van der Waals surface area contributed by atoms with Gasteiger partial charge in [-0.3, -0.25) is 0 Å². The highest BCUT2D eigenvalue weighted by Crippen LogP contribution is 2.54. The van der Waals surface area contributed by atoms with Gasteiger partial charge in [0.1, 0.15) is 11.9 Å². The third-order valence-corrected chi connectivity index (χ3v) is 13.7. The molecule has 0 radical (unpaired) electrons. The van der Waals surface area contributed by atoms with E-state index in [1.54, 1.807) is 0 Å². The van der Waals surface area contributed by atoms with E-state index in [-0.39, 0.29) is 17.2 Å². The highest BCUT2D eigenvalue weighted by molar-refractivity contribution is 7.80. The molecule has 3 heteroatoms. The fourth-order valence-corrected chi connectivity index (χ4v) is 11.6. The molecule has 7 rings (SSSR count). The Morgan fingerprint density at radius 3 is 1.60 bits per heavy atom. The molecule has 0 saturated heterocycles. The van der Waals surface area contributed by atoms with Crippen LogP contribution in [0, 0.1) is 0 Å². The van der Waals surface area contributed by atoms with Crippen LogP contribution in [0.3, 0.4) is 0 Å². The summed E-state index contributed by atoms with van der Waals surface area (Å²) in [6.07, 6.45) is 6.95. The van der Waals surface area contributed by atoms with Crippen LogP contribution in [0.1, 0.15) is 19.4 Å². The molecule has 1 nitrogen and oxygen atoms in total. The van der Waals surface area contributed by atoms with Crippen LogP contribution in [0.15, 0.2) is 163 Å². The van der Waals surface area contributed by atoms with E-state index in [1.807, 2.05) is 0 Å². The zero-order valence-corrected chi connectivity index (χ0v) is 25.8. The van der Waals surface area contributed by atoms with Gasteiger partial charge in [0.15, 0.2) is 0 Å². The van der Waals surface area contributed by atoms with Crippen molar-refractivity contribution in [2.45, 2.75) is 31.0 Å². The highest BCUT2D eigenvalue weighted by atomic mass is 31.1. The summed E-state index contributed by atoms with van der Waals surface area (Å²) in [5.74, 6) is 1.07. The van der Waals surface area contributed by atoms with E-state index < -0.39 is 15.8 Å². The maximum atomic E-state index is 7.38. The van der Waals surface area contributed by atoms with Crippen molar-refractivity contribution in [3.63, 3.8) is 0 Å². The first-order chi connectivity index (χ1) is 20.6. The van der Waals surface area contributed by atoms with Crippen molar-refractivity contribution in [1.29, 1.82) is 0 Å². The van der Waals surface area contributed by atoms with Crippen molar-refractivity contribution < 1.29 is 4.74 Å². The van der Waals surface area contributed by atoms with Crippen LogP contribution in [0.4, 0.5) is 0 Å². The molecule has 0 fully saturated rings. The second-order valence-corrected chi connectivity index (χ2v) is 15.9. The Hall–Kier alpha value is -3.76. The summed E-state index contributed by atoms with van der Waals surface area (Å²) >= 11 is 0. The molecule has 2 atom stereocenters. The van der Waals surface area contributed by atoms with Crippen LogP contribution in [-0.2, 0) is 5.41 Å². The lowest BCUT2D eigenvalue weighted by molar-refractivity contribution is 0.201. The summed E-state index contributed by atoms with van der Waals surface area (Å²) in [4.78, 5) is 0. The molecule has 0 spiro atoms. The van der Waals surface area contributed by atoms with E-state index >= 15 is 0 Å². The molecule has 2 aliphatic rings. The van der Waals surface area contributed by atoms with Crippen LogP contribution in [-0.4, -0.2) is 11.8 Å². The third-order valence-electron chi connectivity index (χ3n) is 8.47. The fourth-order valence-electron chi connectivity index (χ4n) is 6.42. The van der Waals surface area contributed by atoms with Gasteiger partial charge in [0.25, 0.3) is 0 Å². The lowest BCUT2D eigenvalue weighted by atomic mass is 9.71.